The molecule has 0 aliphatic heterocycles. The van der Waals surface area contributed by atoms with Gasteiger partial charge in [0.15, 0.2) is 0 Å². The first-order valence-corrected chi connectivity index (χ1v) is 5.77. The van der Waals surface area contributed by atoms with E-state index in [-0.39, 0.29) is 18.3 Å². The van der Waals surface area contributed by atoms with E-state index in [9.17, 15) is 4.79 Å². The monoisotopic (exact) mass is 267 g/mol. The van der Waals surface area contributed by atoms with Gasteiger partial charge in [-0.05, 0) is 37.2 Å². The van der Waals surface area contributed by atoms with E-state index in [0.29, 0.717) is 17.7 Å². The van der Waals surface area contributed by atoms with Crippen molar-refractivity contribution in [3.05, 3.63) is 35.4 Å². The summed E-state index contributed by atoms with van der Waals surface area (Å²) in [6.07, 6.45) is 1.09. The van der Waals surface area contributed by atoms with Crippen LogP contribution in [0.25, 0.3) is 0 Å². The molecule has 0 radical (unpaired) electrons. The number of hydrogen-bond acceptors (Lipinski definition) is 3. The van der Waals surface area contributed by atoms with Crippen LogP contribution < -0.4 is 10.6 Å². The second-order valence-electron chi connectivity index (χ2n) is 3.70. The quantitative estimate of drug-likeness (QED) is 0.771. The summed E-state index contributed by atoms with van der Waals surface area (Å²) >= 11 is 0. The minimum absolute atomic E-state index is 0. The Morgan fingerprint density at radius 2 is 1.89 bits per heavy atom. The Hall–Kier alpha value is -1.57. The highest BCUT2D eigenvalue weighted by molar-refractivity contribution is 5.94. The fraction of sp³-hybridized carbons (Fsp3) is 0.385. The first-order chi connectivity index (χ1) is 8.27. The molecule has 1 aromatic rings. The zero-order valence-corrected chi connectivity index (χ0v) is 11.2. The van der Waals surface area contributed by atoms with Crippen LogP contribution in [0.15, 0.2) is 24.3 Å². The molecule has 1 rings (SSSR count). The van der Waals surface area contributed by atoms with Crippen molar-refractivity contribution in [3.8, 4) is 6.07 Å². The lowest BCUT2D eigenvalue weighted by atomic mass is 10.1. The Kier molecular flexibility index (Phi) is 8.63. The highest BCUT2D eigenvalue weighted by atomic mass is 35.5. The molecule has 0 unspecified atom stereocenters. The molecule has 0 atom stereocenters. The van der Waals surface area contributed by atoms with Crippen molar-refractivity contribution in [2.45, 2.75) is 13.3 Å². The minimum Gasteiger partial charge on any atom is -0.351 e. The van der Waals surface area contributed by atoms with E-state index in [2.05, 4.69) is 17.6 Å². The molecule has 2 N–H and O–H groups in total. The number of hydrogen-bond donors (Lipinski definition) is 2. The van der Waals surface area contributed by atoms with Gasteiger partial charge in [-0.25, -0.2) is 0 Å². The largest absolute Gasteiger partial charge is 0.351 e. The summed E-state index contributed by atoms with van der Waals surface area (Å²) in [5.41, 5.74) is 1.14. The van der Waals surface area contributed by atoms with Gasteiger partial charge in [-0.15, -0.1) is 12.4 Å². The summed E-state index contributed by atoms with van der Waals surface area (Å²) in [7, 11) is 0. The van der Waals surface area contributed by atoms with Crippen LogP contribution in [0.5, 0.6) is 0 Å². The molecule has 98 valence electrons. The van der Waals surface area contributed by atoms with Gasteiger partial charge < -0.3 is 10.6 Å². The molecular weight excluding hydrogens is 250 g/mol. The zero-order valence-electron chi connectivity index (χ0n) is 10.4. The van der Waals surface area contributed by atoms with Crippen LogP contribution in [0.3, 0.4) is 0 Å². The smallest absolute Gasteiger partial charge is 0.251 e. The fourth-order valence-corrected chi connectivity index (χ4v) is 1.36. The minimum atomic E-state index is -0.104. The second-order valence-corrected chi connectivity index (χ2v) is 3.70. The van der Waals surface area contributed by atoms with E-state index < -0.39 is 0 Å². The molecule has 1 amide bonds. The third-order valence-corrected chi connectivity index (χ3v) is 2.29. The molecule has 18 heavy (non-hydrogen) atoms. The number of amides is 1. The zero-order chi connectivity index (χ0) is 12.5. The van der Waals surface area contributed by atoms with Gasteiger partial charge in [-0.1, -0.05) is 6.92 Å². The first-order valence-electron chi connectivity index (χ1n) is 5.77. The van der Waals surface area contributed by atoms with E-state index in [1.807, 2.05) is 6.07 Å². The van der Waals surface area contributed by atoms with Crippen LogP contribution in [0, 0.1) is 11.3 Å². The van der Waals surface area contributed by atoms with E-state index in [4.69, 9.17) is 5.26 Å². The Morgan fingerprint density at radius 3 is 2.44 bits per heavy atom. The molecule has 0 bridgehead atoms. The molecule has 0 spiro atoms. The lowest BCUT2D eigenvalue weighted by Crippen LogP contribution is -2.32. The van der Waals surface area contributed by atoms with Crippen molar-refractivity contribution in [1.29, 1.82) is 5.26 Å². The summed E-state index contributed by atoms with van der Waals surface area (Å²) in [4.78, 5) is 11.7. The van der Waals surface area contributed by atoms with Gasteiger partial charge in [0.25, 0.3) is 5.91 Å². The molecule has 1 aromatic carbocycles. The normalized spacial score (nSPS) is 9.11. The average Bonchev–Trinajstić information content (AvgIpc) is 2.38. The molecule has 0 fully saturated rings. The first kappa shape index (κ1) is 16.4. The van der Waals surface area contributed by atoms with Crippen molar-refractivity contribution >= 4 is 18.3 Å². The number of nitrogens with one attached hydrogen (secondary N) is 2. The van der Waals surface area contributed by atoms with Gasteiger partial charge in [0.1, 0.15) is 0 Å². The predicted molar refractivity (Wildman–Crippen MR) is 73.9 cm³/mol. The van der Waals surface area contributed by atoms with Gasteiger partial charge in [0.05, 0.1) is 11.6 Å². The molecule has 0 saturated heterocycles. The van der Waals surface area contributed by atoms with E-state index in [0.717, 1.165) is 19.5 Å². The molecule has 0 heterocycles. The SMILES string of the molecule is CCCNCCNC(=O)c1ccc(C#N)cc1.Cl. The third-order valence-electron chi connectivity index (χ3n) is 2.29. The number of nitrogens with zero attached hydrogens (tertiary/aromatic N) is 1. The maximum Gasteiger partial charge on any atom is 0.251 e. The second kappa shape index (κ2) is 9.46. The summed E-state index contributed by atoms with van der Waals surface area (Å²) in [6.45, 7) is 4.45. The molecule has 0 saturated carbocycles. The highest BCUT2D eigenvalue weighted by Crippen LogP contribution is 2.02. The third kappa shape index (κ3) is 5.67. The van der Waals surface area contributed by atoms with Crippen molar-refractivity contribution in [2.24, 2.45) is 0 Å². The molecule has 0 aliphatic carbocycles. The van der Waals surface area contributed by atoms with Crippen molar-refractivity contribution in [3.63, 3.8) is 0 Å². The topological polar surface area (TPSA) is 64.9 Å². The summed E-state index contributed by atoms with van der Waals surface area (Å²) in [6, 6.07) is 8.62. The molecule has 0 aromatic heterocycles. The van der Waals surface area contributed by atoms with E-state index in [1.165, 1.54) is 0 Å². The van der Waals surface area contributed by atoms with Crippen LogP contribution in [-0.4, -0.2) is 25.5 Å². The molecule has 4 nitrogen and oxygen atoms in total. The number of nitriles is 1. The number of carbonyl (C=O) groups is 1. The highest BCUT2D eigenvalue weighted by Gasteiger charge is 2.03. The number of benzene rings is 1. The van der Waals surface area contributed by atoms with Gasteiger partial charge in [0, 0.05) is 18.7 Å². The van der Waals surface area contributed by atoms with Crippen LogP contribution in [0.2, 0.25) is 0 Å². The van der Waals surface area contributed by atoms with Crippen LogP contribution >= 0.6 is 12.4 Å². The fourth-order valence-electron chi connectivity index (χ4n) is 1.36. The van der Waals surface area contributed by atoms with Gasteiger partial charge in [-0.2, -0.15) is 5.26 Å². The number of rotatable bonds is 6. The summed E-state index contributed by atoms with van der Waals surface area (Å²) in [5, 5.41) is 14.6. The maximum absolute atomic E-state index is 11.7. The van der Waals surface area contributed by atoms with E-state index in [1.54, 1.807) is 24.3 Å². The Labute approximate surface area is 114 Å². The van der Waals surface area contributed by atoms with Gasteiger partial charge in [-0.3, -0.25) is 4.79 Å². The van der Waals surface area contributed by atoms with Crippen molar-refractivity contribution in [1.82, 2.24) is 10.6 Å². The molecule has 5 heteroatoms. The lowest BCUT2D eigenvalue weighted by molar-refractivity contribution is 0.0954. The van der Waals surface area contributed by atoms with Crippen molar-refractivity contribution < 1.29 is 4.79 Å². The Bertz CT molecular complexity index is 398. The average molecular weight is 268 g/mol. The van der Waals surface area contributed by atoms with Crippen LogP contribution in [-0.2, 0) is 0 Å². The Balaban J connectivity index is 0.00000289. The Morgan fingerprint density at radius 1 is 1.22 bits per heavy atom. The van der Waals surface area contributed by atoms with Crippen LogP contribution in [0.1, 0.15) is 29.3 Å². The standard InChI is InChI=1S/C13H17N3O.ClH/c1-2-7-15-8-9-16-13(17)12-5-3-11(10-14)4-6-12;/h3-6,15H,2,7-9H2,1H3,(H,16,17);1H. The lowest BCUT2D eigenvalue weighted by Gasteiger charge is -2.06. The number of halogens is 1. The summed E-state index contributed by atoms with van der Waals surface area (Å²) < 4.78 is 0. The van der Waals surface area contributed by atoms with Gasteiger partial charge in [0.2, 0.25) is 0 Å². The van der Waals surface area contributed by atoms with Gasteiger partial charge >= 0.3 is 0 Å². The van der Waals surface area contributed by atoms with E-state index >= 15 is 0 Å². The summed E-state index contributed by atoms with van der Waals surface area (Å²) in [5.74, 6) is -0.104. The maximum atomic E-state index is 11.7. The predicted octanol–water partition coefficient (Wildman–Crippen LogP) is 1.71. The number of carbonyl (C=O) groups excluding carboxylic acids is 1. The van der Waals surface area contributed by atoms with Crippen LogP contribution in [0.4, 0.5) is 0 Å². The molecule has 0 aliphatic rings. The van der Waals surface area contributed by atoms with Crippen molar-refractivity contribution in [2.75, 3.05) is 19.6 Å². The molecular formula is C13H18ClN3O.